The number of methoxy groups -OCH3 is 1. The number of amides is 1. The molecule has 16 heavy (non-hydrogen) atoms. The molecule has 0 saturated heterocycles. The van der Waals surface area contributed by atoms with Gasteiger partial charge in [0.1, 0.15) is 6.04 Å². The molecule has 0 aromatic carbocycles. The predicted octanol–water partition coefficient (Wildman–Crippen LogP) is 1.41. The summed E-state index contributed by atoms with van der Waals surface area (Å²) in [5, 5.41) is 2.73. The molecule has 0 radical (unpaired) electrons. The highest BCUT2D eigenvalue weighted by Crippen LogP contribution is 2.29. The van der Waals surface area contributed by atoms with Gasteiger partial charge in [-0.2, -0.15) is 0 Å². The van der Waals surface area contributed by atoms with E-state index in [2.05, 4.69) is 10.1 Å². The molecule has 0 unspecified atom stereocenters. The van der Waals surface area contributed by atoms with Gasteiger partial charge in [0.05, 0.1) is 7.11 Å². The second kappa shape index (κ2) is 5.68. The summed E-state index contributed by atoms with van der Waals surface area (Å²) in [6, 6.07) is -0.548. The van der Waals surface area contributed by atoms with Crippen molar-refractivity contribution in [2.75, 3.05) is 7.11 Å². The van der Waals surface area contributed by atoms with Crippen molar-refractivity contribution in [3.8, 4) is 0 Å². The van der Waals surface area contributed by atoms with Crippen molar-refractivity contribution in [3.63, 3.8) is 0 Å². The van der Waals surface area contributed by atoms with Crippen molar-refractivity contribution >= 4 is 11.9 Å². The minimum Gasteiger partial charge on any atom is -0.467 e. The van der Waals surface area contributed by atoms with Crippen molar-refractivity contribution < 1.29 is 14.3 Å². The number of hydrogen-bond acceptors (Lipinski definition) is 3. The molecule has 4 nitrogen and oxygen atoms in total. The maximum absolute atomic E-state index is 11.5. The number of allylic oxidation sites excluding steroid dienone is 1. The molecule has 0 heterocycles. The summed E-state index contributed by atoms with van der Waals surface area (Å²) in [5.41, 5.74) is 1.12. The molecule has 0 bridgehead atoms. The zero-order chi connectivity index (χ0) is 12.1. The summed E-state index contributed by atoms with van der Waals surface area (Å²) in [7, 11) is 1.33. The van der Waals surface area contributed by atoms with Gasteiger partial charge in [0, 0.05) is 5.92 Å². The van der Waals surface area contributed by atoms with Crippen LogP contribution in [-0.4, -0.2) is 25.0 Å². The number of carbonyl (C=O) groups is 2. The van der Waals surface area contributed by atoms with Crippen molar-refractivity contribution in [3.05, 3.63) is 11.6 Å². The van der Waals surface area contributed by atoms with Crippen LogP contribution in [0.25, 0.3) is 0 Å². The van der Waals surface area contributed by atoms with Crippen molar-refractivity contribution in [2.45, 2.75) is 39.2 Å². The van der Waals surface area contributed by atoms with E-state index in [9.17, 15) is 9.59 Å². The van der Waals surface area contributed by atoms with Crippen LogP contribution in [0.15, 0.2) is 11.6 Å². The molecule has 1 N–H and O–H groups in total. The van der Waals surface area contributed by atoms with E-state index in [0.717, 1.165) is 18.4 Å². The summed E-state index contributed by atoms with van der Waals surface area (Å²) in [5.74, 6) is -0.303. The summed E-state index contributed by atoms with van der Waals surface area (Å²) < 4.78 is 4.66. The molecule has 1 saturated carbocycles. The molecule has 1 aliphatic rings. The van der Waals surface area contributed by atoms with E-state index >= 15 is 0 Å². The largest absolute Gasteiger partial charge is 0.467 e. The number of carbonyl (C=O) groups excluding carboxylic acids is 2. The lowest BCUT2D eigenvalue weighted by Crippen LogP contribution is -2.41. The first-order valence-electron chi connectivity index (χ1n) is 5.56. The van der Waals surface area contributed by atoms with E-state index < -0.39 is 6.04 Å². The number of rotatable bonds is 5. The first kappa shape index (κ1) is 12.7. The zero-order valence-electron chi connectivity index (χ0n) is 10.1. The summed E-state index contributed by atoms with van der Waals surface area (Å²) in [4.78, 5) is 23.0. The third kappa shape index (κ3) is 4.04. The van der Waals surface area contributed by atoms with E-state index in [-0.39, 0.29) is 17.8 Å². The summed E-state index contributed by atoms with van der Waals surface area (Å²) in [6.45, 7) is 3.91. The SMILES string of the molecule is COC(=O)[C@@H](CC=C(C)C)NC(=O)C1CC1. The molecule has 0 aromatic heterocycles. The molecular formula is C12H19NO3. The average molecular weight is 225 g/mol. The smallest absolute Gasteiger partial charge is 0.328 e. The van der Waals surface area contributed by atoms with Crippen LogP contribution < -0.4 is 5.32 Å². The first-order chi connectivity index (χ1) is 7.54. The van der Waals surface area contributed by atoms with Crippen LogP contribution in [-0.2, 0) is 14.3 Å². The van der Waals surface area contributed by atoms with Crippen LogP contribution in [0.2, 0.25) is 0 Å². The third-order valence-corrected chi connectivity index (χ3v) is 2.51. The van der Waals surface area contributed by atoms with Gasteiger partial charge >= 0.3 is 5.97 Å². The van der Waals surface area contributed by atoms with Gasteiger partial charge in [-0.3, -0.25) is 4.79 Å². The van der Waals surface area contributed by atoms with Gasteiger partial charge in [0.2, 0.25) is 5.91 Å². The fraction of sp³-hybridized carbons (Fsp3) is 0.667. The van der Waals surface area contributed by atoms with E-state index in [1.165, 1.54) is 7.11 Å². The Balaban J connectivity index is 2.52. The Morgan fingerprint density at radius 2 is 2.06 bits per heavy atom. The summed E-state index contributed by atoms with van der Waals surface area (Å²) in [6.07, 6.45) is 4.28. The maximum Gasteiger partial charge on any atom is 0.328 e. The number of ether oxygens (including phenoxy) is 1. The van der Waals surface area contributed by atoms with Crippen LogP contribution in [0.5, 0.6) is 0 Å². The lowest BCUT2D eigenvalue weighted by Gasteiger charge is -2.14. The van der Waals surface area contributed by atoms with Gasteiger partial charge in [0.25, 0.3) is 0 Å². The van der Waals surface area contributed by atoms with Crippen LogP contribution in [0.3, 0.4) is 0 Å². The minimum atomic E-state index is -0.548. The van der Waals surface area contributed by atoms with Gasteiger partial charge in [-0.15, -0.1) is 0 Å². The highest BCUT2D eigenvalue weighted by Gasteiger charge is 2.32. The van der Waals surface area contributed by atoms with E-state index in [4.69, 9.17) is 0 Å². The normalized spacial score (nSPS) is 16.2. The molecule has 0 aromatic rings. The van der Waals surface area contributed by atoms with Crippen molar-refractivity contribution in [1.82, 2.24) is 5.32 Å². The first-order valence-corrected chi connectivity index (χ1v) is 5.56. The Bertz CT molecular complexity index is 301. The van der Waals surface area contributed by atoms with E-state index in [1.807, 2.05) is 19.9 Å². The molecule has 4 heteroatoms. The summed E-state index contributed by atoms with van der Waals surface area (Å²) >= 11 is 0. The van der Waals surface area contributed by atoms with Gasteiger partial charge in [-0.05, 0) is 33.1 Å². The molecule has 1 rings (SSSR count). The fourth-order valence-electron chi connectivity index (χ4n) is 1.34. The predicted molar refractivity (Wildman–Crippen MR) is 60.7 cm³/mol. The fourth-order valence-corrected chi connectivity index (χ4v) is 1.34. The maximum atomic E-state index is 11.5. The van der Waals surface area contributed by atoms with Crippen LogP contribution in [0.1, 0.15) is 33.1 Å². The lowest BCUT2D eigenvalue weighted by molar-refractivity contribution is -0.145. The highest BCUT2D eigenvalue weighted by molar-refractivity contribution is 5.87. The monoisotopic (exact) mass is 225 g/mol. The van der Waals surface area contributed by atoms with Crippen molar-refractivity contribution in [1.29, 1.82) is 0 Å². The van der Waals surface area contributed by atoms with Gasteiger partial charge in [-0.1, -0.05) is 11.6 Å². The molecule has 0 spiro atoms. The zero-order valence-corrected chi connectivity index (χ0v) is 10.1. The molecule has 0 aliphatic heterocycles. The van der Waals surface area contributed by atoms with Crippen LogP contribution in [0.4, 0.5) is 0 Å². The Kier molecular flexibility index (Phi) is 4.52. The van der Waals surface area contributed by atoms with Crippen LogP contribution in [0, 0.1) is 5.92 Å². The van der Waals surface area contributed by atoms with E-state index in [1.54, 1.807) is 0 Å². The molecule has 1 fully saturated rings. The minimum absolute atomic E-state index is 0.0300. The third-order valence-electron chi connectivity index (χ3n) is 2.51. The second-order valence-electron chi connectivity index (χ2n) is 4.38. The molecule has 1 amide bonds. The molecular weight excluding hydrogens is 206 g/mol. The average Bonchev–Trinajstić information content (AvgIpc) is 3.06. The Morgan fingerprint density at radius 1 is 1.44 bits per heavy atom. The van der Waals surface area contributed by atoms with E-state index in [0.29, 0.717) is 6.42 Å². The Hall–Kier alpha value is -1.32. The van der Waals surface area contributed by atoms with Gasteiger partial charge < -0.3 is 10.1 Å². The van der Waals surface area contributed by atoms with Gasteiger partial charge in [0.15, 0.2) is 0 Å². The second-order valence-corrected chi connectivity index (χ2v) is 4.38. The Labute approximate surface area is 96.0 Å². The topological polar surface area (TPSA) is 55.4 Å². The molecule has 90 valence electrons. The van der Waals surface area contributed by atoms with Crippen molar-refractivity contribution in [2.24, 2.45) is 5.92 Å². The quantitative estimate of drug-likeness (QED) is 0.568. The number of hydrogen-bond donors (Lipinski definition) is 1. The highest BCUT2D eigenvalue weighted by atomic mass is 16.5. The van der Waals surface area contributed by atoms with Gasteiger partial charge in [-0.25, -0.2) is 4.79 Å². The molecule has 1 atom stereocenters. The number of nitrogens with one attached hydrogen (secondary N) is 1. The number of esters is 1. The lowest BCUT2D eigenvalue weighted by atomic mass is 10.1. The molecule has 1 aliphatic carbocycles. The van der Waals surface area contributed by atoms with Crippen LogP contribution >= 0.6 is 0 Å². The standard InChI is InChI=1S/C12H19NO3/c1-8(2)4-7-10(12(15)16-3)13-11(14)9-5-6-9/h4,9-10H,5-7H2,1-3H3,(H,13,14)/t10-/m1/s1. The Morgan fingerprint density at radius 3 is 2.50 bits per heavy atom.